The maximum absolute atomic E-state index is 10.3. The second-order valence-corrected chi connectivity index (χ2v) is 3.80. The lowest BCUT2D eigenvalue weighted by atomic mass is 10.4. The van der Waals surface area contributed by atoms with E-state index in [1.165, 1.54) is 0 Å². The molecule has 0 aliphatic carbocycles. The fourth-order valence-electron chi connectivity index (χ4n) is 0.647. The Morgan fingerprint density at radius 3 is 2.91 bits per heavy atom. The molecule has 0 atom stereocenters. The third-order valence-electron chi connectivity index (χ3n) is 1.15. The van der Waals surface area contributed by atoms with Gasteiger partial charge in [-0.3, -0.25) is 4.79 Å². The number of carbonyl (C=O) groups is 1. The van der Waals surface area contributed by atoms with Gasteiger partial charge in [-0.15, -0.1) is 11.8 Å². The number of aldehydes is 1. The molecule has 0 aliphatic heterocycles. The van der Waals surface area contributed by atoms with Crippen LogP contribution in [0.15, 0.2) is 17.2 Å². The molecule has 0 bridgehead atoms. The summed E-state index contributed by atoms with van der Waals surface area (Å²) >= 11 is 3.74. The van der Waals surface area contributed by atoms with Crippen LogP contribution in [0.25, 0.3) is 0 Å². The van der Waals surface area contributed by atoms with Crippen molar-refractivity contribution in [3.8, 4) is 0 Å². The van der Waals surface area contributed by atoms with Crippen LogP contribution >= 0.6 is 34.4 Å². The number of rotatable bonds is 2. The van der Waals surface area contributed by atoms with Crippen LogP contribution < -0.4 is 0 Å². The number of thioether (sulfide) groups is 1. The summed E-state index contributed by atoms with van der Waals surface area (Å²) in [6.07, 6.45) is 2.70. The minimum Gasteiger partial charge on any atom is -0.296 e. The molecule has 1 heterocycles. The largest absolute Gasteiger partial charge is 0.296 e. The predicted molar refractivity (Wildman–Crippen MR) is 54.1 cm³/mol. The first-order chi connectivity index (χ1) is 5.27. The van der Waals surface area contributed by atoms with Crippen molar-refractivity contribution in [3.05, 3.63) is 21.4 Å². The highest BCUT2D eigenvalue weighted by molar-refractivity contribution is 14.1. The highest BCUT2D eigenvalue weighted by Crippen LogP contribution is 2.19. The highest BCUT2D eigenvalue weighted by atomic mass is 127. The summed E-state index contributed by atoms with van der Waals surface area (Å²) in [5.74, 6) is 0. The van der Waals surface area contributed by atoms with Crippen LogP contribution in [0.5, 0.6) is 0 Å². The van der Waals surface area contributed by atoms with Crippen molar-refractivity contribution < 1.29 is 4.79 Å². The van der Waals surface area contributed by atoms with Gasteiger partial charge in [-0.25, -0.2) is 4.98 Å². The fraction of sp³-hybridized carbons (Fsp3) is 0.143. The van der Waals surface area contributed by atoms with Crippen molar-refractivity contribution in [2.75, 3.05) is 6.26 Å². The molecule has 11 heavy (non-hydrogen) atoms. The number of aromatic nitrogens is 1. The zero-order chi connectivity index (χ0) is 8.27. The minimum atomic E-state index is 0.495. The zero-order valence-corrected chi connectivity index (χ0v) is 8.85. The van der Waals surface area contributed by atoms with Crippen molar-refractivity contribution in [1.29, 1.82) is 0 Å². The Labute approximate surface area is 82.9 Å². The number of halogens is 1. The number of hydrogen-bond donors (Lipinski definition) is 0. The van der Waals surface area contributed by atoms with Gasteiger partial charge in [0.05, 0.1) is 0 Å². The van der Waals surface area contributed by atoms with Crippen LogP contribution in [0, 0.1) is 3.57 Å². The molecule has 0 unspecified atom stereocenters. The van der Waals surface area contributed by atoms with Gasteiger partial charge in [0.15, 0.2) is 6.29 Å². The molecule has 2 nitrogen and oxygen atoms in total. The Morgan fingerprint density at radius 1 is 1.64 bits per heavy atom. The van der Waals surface area contributed by atoms with Crippen LogP contribution in [0.1, 0.15) is 10.5 Å². The number of nitrogens with zero attached hydrogens (tertiary/aromatic N) is 1. The molecule has 0 fully saturated rings. The molecule has 0 aliphatic rings. The van der Waals surface area contributed by atoms with E-state index in [2.05, 4.69) is 27.6 Å². The summed E-state index contributed by atoms with van der Waals surface area (Å²) in [6.45, 7) is 0. The Kier molecular flexibility index (Phi) is 3.32. The summed E-state index contributed by atoms with van der Waals surface area (Å²) < 4.78 is 1.08. The molecule has 1 aromatic heterocycles. The van der Waals surface area contributed by atoms with Crippen LogP contribution in [0.4, 0.5) is 0 Å². The Hall–Kier alpha value is -0.100. The van der Waals surface area contributed by atoms with Crippen LogP contribution in [0.3, 0.4) is 0 Å². The van der Waals surface area contributed by atoms with Crippen molar-refractivity contribution in [2.24, 2.45) is 0 Å². The molecule has 0 amide bonds. The van der Waals surface area contributed by atoms with E-state index in [4.69, 9.17) is 0 Å². The third-order valence-corrected chi connectivity index (χ3v) is 3.08. The molecule has 0 saturated heterocycles. The number of carbonyl (C=O) groups excluding carboxylic acids is 1. The summed E-state index contributed by atoms with van der Waals surface area (Å²) in [5, 5.41) is 0.912. The molecule has 1 rings (SSSR count). The lowest BCUT2D eigenvalue weighted by Crippen LogP contribution is -1.90. The smallest absolute Gasteiger partial charge is 0.168 e. The third kappa shape index (κ3) is 2.16. The first-order valence-corrected chi connectivity index (χ1v) is 5.24. The first-order valence-electron chi connectivity index (χ1n) is 2.93. The van der Waals surface area contributed by atoms with Crippen LogP contribution in [-0.2, 0) is 0 Å². The standard InChI is InChI=1S/C7H6INOS/c1-11-7-6(8)3-2-5(4-10)9-7/h2-4H,1H3. The maximum atomic E-state index is 10.3. The zero-order valence-electron chi connectivity index (χ0n) is 5.87. The monoisotopic (exact) mass is 279 g/mol. The van der Waals surface area contributed by atoms with E-state index in [9.17, 15) is 4.79 Å². The van der Waals surface area contributed by atoms with Gasteiger partial charge in [-0.2, -0.15) is 0 Å². The highest BCUT2D eigenvalue weighted by Gasteiger charge is 2.00. The molecule has 0 aromatic carbocycles. The van der Waals surface area contributed by atoms with E-state index in [0.29, 0.717) is 5.69 Å². The van der Waals surface area contributed by atoms with Gasteiger partial charge in [0.2, 0.25) is 0 Å². The van der Waals surface area contributed by atoms with Crippen molar-refractivity contribution in [3.63, 3.8) is 0 Å². The van der Waals surface area contributed by atoms with Crippen LogP contribution in [0.2, 0.25) is 0 Å². The van der Waals surface area contributed by atoms with Gasteiger partial charge in [0, 0.05) is 3.57 Å². The van der Waals surface area contributed by atoms with Crippen molar-refractivity contribution in [1.82, 2.24) is 4.98 Å². The normalized spacial score (nSPS) is 9.64. The van der Waals surface area contributed by atoms with Gasteiger partial charge >= 0.3 is 0 Å². The quantitative estimate of drug-likeness (QED) is 0.472. The van der Waals surface area contributed by atoms with E-state index in [1.54, 1.807) is 17.8 Å². The molecule has 0 N–H and O–H groups in total. The minimum absolute atomic E-state index is 0.495. The second kappa shape index (κ2) is 4.06. The fourth-order valence-corrected chi connectivity index (χ4v) is 2.07. The van der Waals surface area contributed by atoms with Crippen molar-refractivity contribution >= 4 is 40.6 Å². The van der Waals surface area contributed by atoms with E-state index >= 15 is 0 Å². The van der Waals surface area contributed by atoms with E-state index in [-0.39, 0.29) is 0 Å². The first kappa shape index (κ1) is 8.99. The lowest BCUT2D eigenvalue weighted by Gasteiger charge is -1.98. The molecular formula is C7H6INOS. The van der Waals surface area contributed by atoms with Gasteiger partial charge in [0.1, 0.15) is 10.7 Å². The predicted octanol–water partition coefficient (Wildman–Crippen LogP) is 2.22. The van der Waals surface area contributed by atoms with Crippen LogP contribution in [-0.4, -0.2) is 17.5 Å². The van der Waals surface area contributed by atoms with E-state index in [0.717, 1.165) is 14.9 Å². The number of hydrogen-bond acceptors (Lipinski definition) is 3. The molecule has 1 aromatic rings. The molecule has 0 spiro atoms. The topological polar surface area (TPSA) is 30.0 Å². The second-order valence-electron chi connectivity index (χ2n) is 1.85. The molecule has 0 saturated carbocycles. The molecule has 58 valence electrons. The average Bonchev–Trinajstić information content (AvgIpc) is 2.05. The van der Waals surface area contributed by atoms with Gasteiger partial charge in [-0.05, 0) is 41.0 Å². The van der Waals surface area contributed by atoms with E-state index in [1.807, 2.05) is 12.3 Å². The van der Waals surface area contributed by atoms with Gasteiger partial charge in [0.25, 0.3) is 0 Å². The summed E-state index contributed by atoms with van der Waals surface area (Å²) in [6, 6.07) is 3.61. The Morgan fingerprint density at radius 2 is 2.36 bits per heavy atom. The lowest BCUT2D eigenvalue weighted by molar-refractivity contribution is 0.111. The van der Waals surface area contributed by atoms with Gasteiger partial charge < -0.3 is 0 Å². The Balaban J connectivity index is 3.12. The Bertz CT molecular complexity index is 277. The summed E-state index contributed by atoms with van der Waals surface area (Å²) in [7, 11) is 0. The number of pyridine rings is 1. The van der Waals surface area contributed by atoms with Crippen molar-refractivity contribution in [2.45, 2.75) is 5.03 Å². The molecule has 0 radical (unpaired) electrons. The average molecular weight is 279 g/mol. The van der Waals surface area contributed by atoms with E-state index < -0.39 is 0 Å². The van der Waals surface area contributed by atoms with Gasteiger partial charge in [-0.1, -0.05) is 0 Å². The summed E-state index contributed by atoms with van der Waals surface area (Å²) in [5.41, 5.74) is 0.495. The maximum Gasteiger partial charge on any atom is 0.168 e. The molecular weight excluding hydrogens is 273 g/mol. The summed E-state index contributed by atoms with van der Waals surface area (Å²) in [4.78, 5) is 14.4. The molecule has 4 heteroatoms. The SMILES string of the molecule is CSc1nc(C=O)ccc1I.